The van der Waals surface area contributed by atoms with Crippen molar-refractivity contribution >= 4 is 21.4 Å². The van der Waals surface area contributed by atoms with Crippen LogP contribution in [0.2, 0.25) is 0 Å². The van der Waals surface area contributed by atoms with Crippen molar-refractivity contribution in [2.75, 3.05) is 7.11 Å². The summed E-state index contributed by atoms with van der Waals surface area (Å²) in [5, 5.41) is 0. The Kier molecular flexibility index (Phi) is 1.77. The number of hydrogen-bond acceptors (Lipinski definition) is 2. The molecular formula is C8H7BrN2O. The van der Waals surface area contributed by atoms with Crippen LogP contribution in [-0.4, -0.2) is 16.5 Å². The smallest absolute Gasteiger partial charge is 0.136 e. The number of aromatic nitrogens is 2. The number of pyridine rings is 1. The first kappa shape index (κ1) is 7.61. The average Bonchev–Trinajstić information content (AvgIpc) is 2.52. The third-order valence-corrected chi connectivity index (χ3v) is 2.32. The molecule has 0 aliphatic heterocycles. The topological polar surface area (TPSA) is 26.5 Å². The van der Waals surface area contributed by atoms with E-state index in [1.165, 1.54) is 0 Å². The Morgan fingerprint density at radius 2 is 2.42 bits per heavy atom. The second-order valence-electron chi connectivity index (χ2n) is 2.41. The van der Waals surface area contributed by atoms with Gasteiger partial charge in [-0.1, -0.05) is 0 Å². The zero-order valence-electron chi connectivity index (χ0n) is 6.49. The molecule has 0 unspecified atom stereocenters. The molecule has 2 aromatic rings. The molecule has 0 saturated heterocycles. The summed E-state index contributed by atoms with van der Waals surface area (Å²) in [4.78, 5) is 4.01. The number of halogens is 1. The molecule has 3 nitrogen and oxygen atoms in total. The van der Waals surface area contributed by atoms with E-state index in [1.807, 2.05) is 16.7 Å². The van der Waals surface area contributed by atoms with Crippen LogP contribution in [0.15, 0.2) is 29.3 Å². The lowest BCUT2D eigenvalue weighted by atomic mass is 10.4. The number of fused-ring (bicyclic) bond motifs is 1. The first-order valence-corrected chi connectivity index (χ1v) is 4.26. The molecule has 0 aliphatic carbocycles. The molecule has 0 saturated carbocycles. The van der Waals surface area contributed by atoms with Crippen molar-refractivity contribution < 1.29 is 4.74 Å². The van der Waals surface area contributed by atoms with E-state index in [4.69, 9.17) is 4.74 Å². The highest BCUT2D eigenvalue weighted by molar-refractivity contribution is 9.10. The third kappa shape index (κ3) is 1.08. The molecule has 0 atom stereocenters. The summed E-state index contributed by atoms with van der Waals surface area (Å²) in [6, 6.07) is 1.91. The largest absolute Gasteiger partial charge is 0.495 e. The molecule has 4 heteroatoms. The van der Waals surface area contributed by atoms with Crippen molar-refractivity contribution in [3.63, 3.8) is 0 Å². The summed E-state index contributed by atoms with van der Waals surface area (Å²) in [6.07, 6.45) is 5.42. The van der Waals surface area contributed by atoms with Gasteiger partial charge >= 0.3 is 0 Å². The van der Waals surface area contributed by atoms with Crippen LogP contribution in [0.1, 0.15) is 0 Å². The van der Waals surface area contributed by atoms with E-state index in [-0.39, 0.29) is 0 Å². The Morgan fingerprint density at radius 3 is 3.17 bits per heavy atom. The maximum Gasteiger partial charge on any atom is 0.136 e. The van der Waals surface area contributed by atoms with Crippen molar-refractivity contribution in [1.82, 2.24) is 9.38 Å². The number of methoxy groups -OCH3 is 1. The zero-order chi connectivity index (χ0) is 8.55. The summed E-state index contributed by atoms with van der Waals surface area (Å²) in [7, 11) is 1.64. The molecule has 12 heavy (non-hydrogen) atoms. The fourth-order valence-electron chi connectivity index (χ4n) is 1.08. The molecule has 2 heterocycles. The molecule has 0 aliphatic rings. The van der Waals surface area contributed by atoms with Crippen molar-refractivity contribution in [2.24, 2.45) is 0 Å². The highest BCUT2D eigenvalue weighted by Crippen LogP contribution is 2.22. The lowest BCUT2D eigenvalue weighted by Gasteiger charge is -2.02. The van der Waals surface area contributed by atoms with Crippen LogP contribution in [0, 0.1) is 0 Å². The molecule has 0 amide bonds. The Bertz CT molecular complexity index is 410. The predicted molar refractivity (Wildman–Crippen MR) is 49.4 cm³/mol. The van der Waals surface area contributed by atoms with Crippen molar-refractivity contribution in [2.45, 2.75) is 0 Å². The summed E-state index contributed by atoms with van der Waals surface area (Å²) in [6.45, 7) is 0. The number of ether oxygens (including phenoxy) is 1. The Balaban J connectivity index is 2.75. The van der Waals surface area contributed by atoms with Crippen LogP contribution in [0.3, 0.4) is 0 Å². The Labute approximate surface area is 78.1 Å². The Hall–Kier alpha value is -1.03. The zero-order valence-corrected chi connectivity index (χ0v) is 8.08. The molecule has 0 aromatic carbocycles. The molecule has 0 fully saturated rings. The summed E-state index contributed by atoms with van der Waals surface area (Å²) < 4.78 is 7.99. The van der Waals surface area contributed by atoms with Gasteiger partial charge in [0.05, 0.1) is 31.3 Å². The second kappa shape index (κ2) is 2.79. The van der Waals surface area contributed by atoms with E-state index in [9.17, 15) is 0 Å². The van der Waals surface area contributed by atoms with Crippen LogP contribution in [0.4, 0.5) is 0 Å². The van der Waals surface area contributed by atoms with E-state index < -0.39 is 0 Å². The Morgan fingerprint density at radius 1 is 1.58 bits per heavy atom. The third-order valence-electron chi connectivity index (χ3n) is 1.68. The SMILES string of the molecule is COc1cc(Br)c2cncn2c1. The summed E-state index contributed by atoms with van der Waals surface area (Å²) in [5.74, 6) is 0.812. The lowest BCUT2D eigenvalue weighted by molar-refractivity contribution is 0.412. The van der Waals surface area contributed by atoms with Crippen LogP contribution < -0.4 is 4.74 Å². The standard InChI is InChI=1S/C8H7BrN2O/c1-12-6-2-7(9)8-3-10-5-11(8)4-6/h2-5H,1H3. The highest BCUT2D eigenvalue weighted by atomic mass is 79.9. The first-order valence-electron chi connectivity index (χ1n) is 3.46. The fraction of sp³-hybridized carbons (Fsp3) is 0.125. The van der Waals surface area contributed by atoms with Gasteiger partial charge in [0, 0.05) is 4.47 Å². The number of nitrogens with zero attached hydrogens (tertiary/aromatic N) is 2. The monoisotopic (exact) mass is 226 g/mol. The van der Waals surface area contributed by atoms with E-state index >= 15 is 0 Å². The van der Waals surface area contributed by atoms with E-state index in [0.29, 0.717) is 0 Å². The van der Waals surface area contributed by atoms with Crippen molar-refractivity contribution in [3.8, 4) is 5.75 Å². The van der Waals surface area contributed by atoms with Gasteiger partial charge in [-0.2, -0.15) is 0 Å². The molecule has 0 spiro atoms. The van der Waals surface area contributed by atoms with Crippen LogP contribution in [0.5, 0.6) is 5.75 Å². The minimum atomic E-state index is 0.812. The lowest BCUT2D eigenvalue weighted by Crippen LogP contribution is -1.88. The number of imidazole rings is 1. The van der Waals surface area contributed by atoms with Crippen LogP contribution in [-0.2, 0) is 0 Å². The van der Waals surface area contributed by atoms with Gasteiger partial charge in [-0.3, -0.25) is 0 Å². The van der Waals surface area contributed by atoms with Crippen LogP contribution in [0.25, 0.3) is 5.52 Å². The normalized spacial score (nSPS) is 10.5. The number of rotatable bonds is 1. The van der Waals surface area contributed by atoms with Gasteiger partial charge in [0.25, 0.3) is 0 Å². The van der Waals surface area contributed by atoms with Gasteiger partial charge in [0.2, 0.25) is 0 Å². The van der Waals surface area contributed by atoms with Gasteiger partial charge in [-0.25, -0.2) is 4.98 Å². The van der Waals surface area contributed by atoms with Gasteiger partial charge in [-0.05, 0) is 22.0 Å². The fourth-order valence-corrected chi connectivity index (χ4v) is 1.61. The molecular weight excluding hydrogens is 220 g/mol. The van der Waals surface area contributed by atoms with Crippen LogP contribution >= 0.6 is 15.9 Å². The maximum atomic E-state index is 5.09. The van der Waals surface area contributed by atoms with Crippen molar-refractivity contribution in [1.29, 1.82) is 0 Å². The number of hydrogen-bond donors (Lipinski definition) is 0. The average molecular weight is 227 g/mol. The van der Waals surface area contributed by atoms with Gasteiger partial charge in [-0.15, -0.1) is 0 Å². The molecule has 2 rings (SSSR count). The quantitative estimate of drug-likeness (QED) is 0.745. The van der Waals surface area contributed by atoms with Gasteiger partial charge in [0.1, 0.15) is 5.75 Å². The maximum absolute atomic E-state index is 5.09. The second-order valence-corrected chi connectivity index (χ2v) is 3.27. The molecule has 62 valence electrons. The molecule has 0 N–H and O–H groups in total. The van der Waals surface area contributed by atoms with E-state index in [1.54, 1.807) is 19.6 Å². The summed E-state index contributed by atoms with van der Waals surface area (Å²) >= 11 is 3.43. The molecule has 0 radical (unpaired) electrons. The molecule has 2 aromatic heterocycles. The minimum Gasteiger partial charge on any atom is -0.495 e. The van der Waals surface area contributed by atoms with Gasteiger partial charge < -0.3 is 9.14 Å². The predicted octanol–water partition coefficient (Wildman–Crippen LogP) is 2.11. The first-order chi connectivity index (χ1) is 5.81. The van der Waals surface area contributed by atoms with Crippen molar-refractivity contribution in [3.05, 3.63) is 29.3 Å². The van der Waals surface area contributed by atoms with E-state index in [2.05, 4.69) is 20.9 Å². The van der Waals surface area contributed by atoms with E-state index in [0.717, 1.165) is 15.7 Å². The minimum absolute atomic E-state index is 0.812. The molecule has 0 bridgehead atoms. The highest BCUT2D eigenvalue weighted by Gasteiger charge is 2.01. The summed E-state index contributed by atoms with van der Waals surface area (Å²) in [5.41, 5.74) is 1.04. The van der Waals surface area contributed by atoms with Gasteiger partial charge in [0.15, 0.2) is 0 Å².